The number of hydrogen-bond acceptors (Lipinski definition) is 3. The van der Waals surface area contributed by atoms with E-state index < -0.39 is 15.8 Å². The summed E-state index contributed by atoms with van der Waals surface area (Å²) in [5.41, 5.74) is 0.271. The van der Waals surface area contributed by atoms with Crippen molar-refractivity contribution in [3.05, 3.63) is 28.5 Å². The Hall–Kier alpha value is -0.690. The Bertz CT molecular complexity index is 556. The lowest BCUT2D eigenvalue weighted by atomic mass is 10.2. The number of aryl methyl sites for hydroxylation is 1. The molecule has 2 rings (SSSR count). The SMILES string of the molecule is Cc1cc(S(=O)(=O)N2CCNCC2)c(Cl)cc1F. The highest BCUT2D eigenvalue weighted by molar-refractivity contribution is 7.89. The molecule has 1 aromatic rings. The zero-order valence-corrected chi connectivity index (χ0v) is 11.5. The molecule has 4 nitrogen and oxygen atoms in total. The lowest BCUT2D eigenvalue weighted by molar-refractivity contribution is 0.360. The van der Waals surface area contributed by atoms with Crippen LogP contribution < -0.4 is 5.32 Å². The van der Waals surface area contributed by atoms with Crippen LogP contribution in [0.4, 0.5) is 4.39 Å². The summed E-state index contributed by atoms with van der Waals surface area (Å²) in [7, 11) is -3.64. The first-order valence-electron chi connectivity index (χ1n) is 5.59. The van der Waals surface area contributed by atoms with Gasteiger partial charge in [-0.3, -0.25) is 0 Å². The van der Waals surface area contributed by atoms with Gasteiger partial charge in [-0.15, -0.1) is 0 Å². The first-order valence-corrected chi connectivity index (χ1v) is 7.41. The summed E-state index contributed by atoms with van der Waals surface area (Å²) in [6.45, 7) is 3.53. The van der Waals surface area contributed by atoms with E-state index in [2.05, 4.69) is 5.32 Å². The van der Waals surface area contributed by atoms with Crippen LogP contribution in [0.15, 0.2) is 17.0 Å². The lowest BCUT2D eigenvalue weighted by Crippen LogP contribution is -2.46. The molecule has 100 valence electrons. The van der Waals surface area contributed by atoms with Crippen molar-refractivity contribution in [2.24, 2.45) is 0 Å². The lowest BCUT2D eigenvalue weighted by Gasteiger charge is -2.27. The van der Waals surface area contributed by atoms with Crippen LogP contribution in [-0.4, -0.2) is 38.9 Å². The van der Waals surface area contributed by atoms with Gasteiger partial charge in [-0.05, 0) is 24.6 Å². The number of sulfonamides is 1. The second kappa shape index (κ2) is 5.13. The van der Waals surface area contributed by atoms with Crippen molar-refractivity contribution in [3.8, 4) is 0 Å². The van der Waals surface area contributed by atoms with Crippen molar-refractivity contribution < 1.29 is 12.8 Å². The molecule has 0 atom stereocenters. The number of nitrogens with one attached hydrogen (secondary N) is 1. The molecule has 1 heterocycles. The molecule has 0 amide bonds. The zero-order valence-electron chi connectivity index (χ0n) is 9.91. The van der Waals surface area contributed by atoms with Gasteiger partial charge in [0.15, 0.2) is 0 Å². The van der Waals surface area contributed by atoms with Crippen molar-refractivity contribution in [1.82, 2.24) is 9.62 Å². The van der Waals surface area contributed by atoms with Crippen molar-refractivity contribution in [2.75, 3.05) is 26.2 Å². The number of piperazine rings is 1. The summed E-state index contributed by atoms with van der Waals surface area (Å²) in [5, 5.41) is 3.00. The molecule has 0 aromatic heterocycles. The molecule has 1 aliphatic rings. The van der Waals surface area contributed by atoms with Crippen molar-refractivity contribution in [2.45, 2.75) is 11.8 Å². The maximum absolute atomic E-state index is 13.3. The molecule has 0 radical (unpaired) electrons. The summed E-state index contributed by atoms with van der Waals surface area (Å²) in [6, 6.07) is 2.33. The van der Waals surface area contributed by atoms with Crippen LogP contribution in [0.3, 0.4) is 0 Å². The molecule has 1 fully saturated rings. The topological polar surface area (TPSA) is 49.4 Å². The molecule has 0 bridgehead atoms. The van der Waals surface area contributed by atoms with Gasteiger partial charge in [0.1, 0.15) is 10.7 Å². The largest absolute Gasteiger partial charge is 0.314 e. The van der Waals surface area contributed by atoms with Gasteiger partial charge in [0, 0.05) is 26.2 Å². The van der Waals surface area contributed by atoms with Gasteiger partial charge < -0.3 is 5.32 Å². The molecule has 7 heteroatoms. The van der Waals surface area contributed by atoms with E-state index in [0.717, 1.165) is 6.07 Å². The van der Waals surface area contributed by atoms with E-state index >= 15 is 0 Å². The molecule has 1 aliphatic heterocycles. The van der Waals surface area contributed by atoms with Crippen LogP contribution in [0.1, 0.15) is 5.56 Å². The highest BCUT2D eigenvalue weighted by Crippen LogP contribution is 2.27. The molecule has 1 aromatic carbocycles. The number of halogens is 2. The Morgan fingerprint density at radius 1 is 1.33 bits per heavy atom. The van der Waals surface area contributed by atoms with Gasteiger partial charge in [-0.2, -0.15) is 4.31 Å². The normalized spacial score (nSPS) is 17.9. The van der Waals surface area contributed by atoms with Crippen molar-refractivity contribution in [1.29, 1.82) is 0 Å². The number of benzene rings is 1. The minimum atomic E-state index is -3.64. The highest BCUT2D eigenvalue weighted by atomic mass is 35.5. The minimum Gasteiger partial charge on any atom is -0.314 e. The van der Waals surface area contributed by atoms with Gasteiger partial charge in [0.05, 0.1) is 5.02 Å². The van der Waals surface area contributed by atoms with Gasteiger partial charge in [-0.1, -0.05) is 11.6 Å². The number of nitrogens with zero attached hydrogens (tertiary/aromatic N) is 1. The summed E-state index contributed by atoms with van der Waals surface area (Å²) in [6.07, 6.45) is 0. The molecule has 0 spiro atoms. The third kappa shape index (κ3) is 2.51. The van der Waals surface area contributed by atoms with Crippen LogP contribution in [0, 0.1) is 12.7 Å². The standard InChI is InChI=1S/C11H14ClFN2O2S/c1-8-6-11(9(12)7-10(8)13)18(16,17)15-4-2-14-3-5-15/h6-7,14H,2-5H2,1H3. The molecule has 0 saturated carbocycles. The summed E-state index contributed by atoms with van der Waals surface area (Å²) < 4.78 is 39.4. The van der Waals surface area contributed by atoms with Crippen LogP contribution in [0.2, 0.25) is 5.02 Å². The first kappa shape index (κ1) is 13.7. The van der Waals surface area contributed by atoms with Gasteiger partial charge in [-0.25, -0.2) is 12.8 Å². The molecule has 18 heavy (non-hydrogen) atoms. The van der Waals surface area contributed by atoms with Gasteiger partial charge in [0.2, 0.25) is 10.0 Å². The molecule has 0 unspecified atom stereocenters. The number of hydrogen-bond donors (Lipinski definition) is 1. The monoisotopic (exact) mass is 292 g/mol. The smallest absolute Gasteiger partial charge is 0.244 e. The van der Waals surface area contributed by atoms with Crippen molar-refractivity contribution in [3.63, 3.8) is 0 Å². The third-order valence-electron chi connectivity index (χ3n) is 2.91. The Balaban J connectivity index is 2.43. The average molecular weight is 293 g/mol. The van der Waals surface area contributed by atoms with E-state index in [4.69, 9.17) is 11.6 Å². The molecule has 1 saturated heterocycles. The molecule has 1 N–H and O–H groups in total. The van der Waals surface area contributed by atoms with E-state index in [1.165, 1.54) is 17.3 Å². The van der Waals surface area contributed by atoms with Crippen LogP contribution in [0.5, 0.6) is 0 Å². The van der Waals surface area contributed by atoms with E-state index in [-0.39, 0.29) is 15.5 Å². The Morgan fingerprint density at radius 2 is 1.94 bits per heavy atom. The van der Waals surface area contributed by atoms with Gasteiger partial charge >= 0.3 is 0 Å². The highest BCUT2D eigenvalue weighted by Gasteiger charge is 2.28. The summed E-state index contributed by atoms with van der Waals surface area (Å²) in [5.74, 6) is -0.501. The van der Waals surface area contributed by atoms with E-state index in [9.17, 15) is 12.8 Å². The maximum atomic E-state index is 13.3. The molecular weight excluding hydrogens is 279 g/mol. The van der Waals surface area contributed by atoms with E-state index in [1.807, 2.05) is 0 Å². The maximum Gasteiger partial charge on any atom is 0.244 e. The Labute approximate surface area is 111 Å². The molecule has 0 aliphatic carbocycles. The number of rotatable bonds is 2. The minimum absolute atomic E-state index is 0.0232. The fourth-order valence-electron chi connectivity index (χ4n) is 1.85. The second-order valence-electron chi connectivity index (χ2n) is 4.19. The second-order valence-corrected chi connectivity index (χ2v) is 6.50. The van der Waals surface area contributed by atoms with E-state index in [1.54, 1.807) is 0 Å². The Morgan fingerprint density at radius 3 is 2.56 bits per heavy atom. The predicted molar refractivity (Wildman–Crippen MR) is 67.8 cm³/mol. The predicted octanol–water partition coefficient (Wildman–Crippen LogP) is 1.38. The van der Waals surface area contributed by atoms with Crippen LogP contribution in [-0.2, 0) is 10.0 Å². The van der Waals surface area contributed by atoms with E-state index in [0.29, 0.717) is 26.2 Å². The summed E-state index contributed by atoms with van der Waals surface area (Å²) >= 11 is 5.84. The first-order chi connectivity index (χ1) is 8.43. The zero-order chi connectivity index (χ0) is 13.3. The Kier molecular flexibility index (Phi) is 3.91. The quantitative estimate of drug-likeness (QED) is 0.896. The molecular formula is C11H14ClFN2O2S. The summed E-state index contributed by atoms with van der Waals surface area (Å²) in [4.78, 5) is -0.0232. The third-order valence-corrected chi connectivity index (χ3v) is 5.27. The van der Waals surface area contributed by atoms with Gasteiger partial charge in [0.25, 0.3) is 0 Å². The average Bonchev–Trinajstić information content (AvgIpc) is 2.34. The fourth-order valence-corrected chi connectivity index (χ4v) is 3.87. The fraction of sp³-hybridized carbons (Fsp3) is 0.455. The van der Waals surface area contributed by atoms with Crippen LogP contribution >= 0.6 is 11.6 Å². The van der Waals surface area contributed by atoms with Crippen molar-refractivity contribution >= 4 is 21.6 Å². The van der Waals surface area contributed by atoms with Crippen LogP contribution in [0.25, 0.3) is 0 Å².